The normalized spacial score (nSPS) is 11.8. The second-order valence-corrected chi connectivity index (χ2v) is 6.10. The number of para-hydroxylation sites is 1. The molecule has 1 heterocycles. The average molecular weight is 359 g/mol. The van der Waals surface area contributed by atoms with Gasteiger partial charge in [-0.05, 0) is 24.5 Å². The minimum absolute atomic E-state index is 0.219. The molecule has 0 aliphatic heterocycles. The van der Waals surface area contributed by atoms with Crippen LogP contribution in [0.1, 0.15) is 32.3 Å². The Morgan fingerprint density at radius 2 is 1.85 bits per heavy atom. The Balaban J connectivity index is 1.99. The molecule has 0 fully saturated rings. The van der Waals surface area contributed by atoms with Crippen LogP contribution in [0.4, 0.5) is 5.69 Å². The van der Waals surface area contributed by atoms with Gasteiger partial charge in [-0.15, -0.1) is 0 Å². The van der Waals surface area contributed by atoms with Gasteiger partial charge in [-0.1, -0.05) is 32.0 Å². The van der Waals surface area contributed by atoms with E-state index in [1.807, 2.05) is 31.0 Å². The van der Waals surface area contributed by atoms with E-state index in [9.17, 15) is 19.2 Å². The first-order chi connectivity index (χ1) is 12.3. The van der Waals surface area contributed by atoms with Crippen LogP contribution < -0.4 is 16.6 Å². The zero-order chi connectivity index (χ0) is 19.3. The molecule has 138 valence electrons. The molecule has 1 amide bonds. The average Bonchev–Trinajstić information content (AvgIpc) is 2.57. The number of hydrogen-bond donors (Lipinski definition) is 2. The molecule has 0 bridgehead atoms. The van der Waals surface area contributed by atoms with Crippen LogP contribution in [0.3, 0.4) is 0 Å². The Morgan fingerprint density at radius 3 is 2.50 bits per heavy atom. The van der Waals surface area contributed by atoms with Crippen molar-refractivity contribution in [2.24, 2.45) is 0 Å². The van der Waals surface area contributed by atoms with Crippen molar-refractivity contribution in [1.82, 2.24) is 9.55 Å². The number of ether oxygens (including phenoxy) is 1. The van der Waals surface area contributed by atoms with Crippen molar-refractivity contribution < 1.29 is 14.3 Å². The molecule has 2 aromatic rings. The van der Waals surface area contributed by atoms with Crippen molar-refractivity contribution >= 4 is 17.6 Å². The molecular formula is C18H21N3O5. The molecular weight excluding hydrogens is 338 g/mol. The molecule has 0 aliphatic rings. The number of carbonyl (C=O) groups is 2. The molecule has 0 radical (unpaired) electrons. The number of aromatic amines is 1. The number of nitrogens with one attached hydrogen (secondary N) is 2. The van der Waals surface area contributed by atoms with Gasteiger partial charge in [0.25, 0.3) is 11.5 Å². The fraction of sp³-hybridized carbons (Fsp3) is 0.333. The van der Waals surface area contributed by atoms with Gasteiger partial charge in [0.1, 0.15) is 6.54 Å². The minimum atomic E-state index is -1.04. The van der Waals surface area contributed by atoms with Crippen LogP contribution >= 0.6 is 0 Å². The first-order valence-corrected chi connectivity index (χ1v) is 8.17. The highest BCUT2D eigenvalue weighted by molar-refractivity contribution is 5.95. The summed E-state index contributed by atoms with van der Waals surface area (Å²) in [5, 5.41) is 2.75. The van der Waals surface area contributed by atoms with E-state index in [-0.39, 0.29) is 5.92 Å². The molecule has 1 aromatic heterocycles. The third-order valence-electron chi connectivity index (χ3n) is 3.71. The van der Waals surface area contributed by atoms with E-state index in [1.165, 1.54) is 13.1 Å². The zero-order valence-electron chi connectivity index (χ0n) is 14.8. The molecule has 0 spiro atoms. The lowest BCUT2D eigenvalue weighted by atomic mass is 10.0. The highest BCUT2D eigenvalue weighted by atomic mass is 16.5. The fourth-order valence-electron chi connectivity index (χ4n) is 2.34. The van der Waals surface area contributed by atoms with Crippen LogP contribution in [-0.4, -0.2) is 27.5 Å². The maximum atomic E-state index is 12.3. The Labute approximate surface area is 149 Å². The van der Waals surface area contributed by atoms with Gasteiger partial charge in [-0.3, -0.25) is 23.9 Å². The van der Waals surface area contributed by atoms with E-state index in [1.54, 1.807) is 12.1 Å². The Kier molecular flexibility index (Phi) is 6.11. The summed E-state index contributed by atoms with van der Waals surface area (Å²) in [6.45, 7) is 5.06. The molecule has 0 saturated carbocycles. The third-order valence-corrected chi connectivity index (χ3v) is 3.71. The lowest BCUT2D eigenvalue weighted by molar-refractivity contribution is -0.153. The molecule has 0 aliphatic carbocycles. The number of carbonyl (C=O) groups excluding carboxylic acids is 2. The summed E-state index contributed by atoms with van der Waals surface area (Å²) in [5.74, 6) is -1.02. The molecule has 0 saturated heterocycles. The van der Waals surface area contributed by atoms with Gasteiger partial charge in [-0.2, -0.15) is 0 Å². The first-order valence-electron chi connectivity index (χ1n) is 8.17. The maximum absolute atomic E-state index is 12.3. The van der Waals surface area contributed by atoms with Crippen molar-refractivity contribution in [1.29, 1.82) is 0 Å². The summed E-state index contributed by atoms with van der Waals surface area (Å²) in [7, 11) is 0. The van der Waals surface area contributed by atoms with Gasteiger partial charge in [0.05, 0.1) is 0 Å². The fourth-order valence-corrected chi connectivity index (χ4v) is 2.34. The van der Waals surface area contributed by atoms with E-state index >= 15 is 0 Å². The Bertz CT molecular complexity index is 913. The second kappa shape index (κ2) is 8.28. The third kappa shape index (κ3) is 4.92. The van der Waals surface area contributed by atoms with E-state index < -0.39 is 35.8 Å². The minimum Gasteiger partial charge on any atom is -0.451 e. The number of amides is 1. The number of benzene rings is 1. The summed E-state index contributed by atoms with van der Waals surface area (Å²) in [4.78, 5) is 48.8. The van der Waals surface area contributed by atoms with Gasteiger partial charge in [-0.25, -0.2) is 4.79 Å². The summed E-state index contributed by atoms with van der Waals surface area (Å²) in [5.41, 5.74) is 0.347. The number of rotatable bonds is 6. The summed E-state index contributed by atoms with van der Waals surface area (Å²) in [6, 6.07) is 8.51. The van der Waals surface area contributed by atoms with Crippen molar-refractivity contribution in [2.75, 3.05) is 5.32 Å². The second-order valence-electron chi connectivity index (χ2n) is 6.10. The summed E-state index contributed by atoms with van der Waals surface area (Å²) in [6.07, 6.45) is 0.146. The number of nitrogens with zero attached hydrogens (tertiary/aromatic N) is 1. The predicted octanol–water partition coefficient (Wildman–Crippen LogP) is 1.23. The largest absolute Gasteiger partial charge is 0.451 e. The Morgan fingerprint density at radius 1 is 1.15 bits per heavy atom. The first kappa shape index (κ1) is 19.2. The summed E-state index contributed by atoms with van der Waals surface area (Å²) >= 11 is 0. The van der Waals surface area contributed by atoms with Crippen molar-refractivity contribution in [3.8, 4) is 0 Å². The number of anilines is 1. The Hall–Kier alpha value is -3.16. The van der Waals surface area contributed by atoms with E-state index in [4.69, 9.17) is 4.74 Å². The van der Waals surface area contributed by atoms with Crippen LogP contribution in [0.15, 0.2) is 46.1 Å². The molecule has 1 aromatic carbocycles. The zero-order valence-corrected chi connectivity index (χ0v) is 14.8. The van der Waals surface area contributed by atoms with Crippen LogP contribution in [0, 0.1) is 0 Å². The molecule has 2 rings (SSSR count). The molecule has 8 heteroatoms. The van der Waals surface area contributed by atoms with Crippen LogP contribution in [0.2, 0.25) is 0 Å². The van der Waals surface area contributed by atoms with Gasteiger partial charge in [0.15, 0.2) is 6.10 Å². The van der Waals surface area contributed by atoms with Gasteiger partial charge < -0.3 is 10.1 Å². The standard InChI is InChI=1S/C18H21N3O5/c1-11(2)13-6-4-5-7-14(13)19-17(24)12(3)26-16(23)10-21-9-8-15(22)20-18(21)25/h4-9,11-12H,10H2,1-3H3,(H,19,24)(H,20,22,25)/t12-/m1/s1. The van der Waals surface area contributed by atoms with Gasteiger partial charge in [0.2, 0.25) is 0 Å². The van der Waals surface area contributed by atoms with E-state index in [2.05, 4.69) is 5.32 Å². The molecule has 0 unspecified atom stereocenters. The van der Waals surface area contributed by atoms with Crippen molar-refractivity contribution in [3.05, 3.63) is 62.9 Å². The lowest BCUT2D eigenvalue weighted by Crippen LogP contribution is -2.35. The predicted molar refractivity (Wildman–Crippen MR) is 96.0 cm³/mol. The SMILES string of the molecule is CC(C)c1ccccc1NC(=O)[C@@H](C)OC(=O)Cn1ccc(=O)[nH]c1=O. The summed E-state index contributed by atoms with van der Waals surface area (Å²) < 4.78 is 6.06. The smallest absolute Gasteiger partial charge is 0.328 e. The lowest BCUT2D eigenvalue weighted by Gasteiger charge is -2.17. The molecule has 2 N–H and O–H groups in total. The molecule has 1 atom stereocenters. The van der Waals surface area contributed by atoms with E-state index in [0.717, 1.165) is 16.2 Å². The van der Waals surface area contributed by atoms with E-state index in [0.29, 0.717) is 5.69 Å². The van der Waals surface area contributed by atoms with Crippen molar-refractivity contribution in [3.63, 3.8) is 0 Å². The topological polar surface area (TPSA) is 110 Å². The molecule has 8 nitrogen and oxygen atoms in total. The van der Waals surface area contributed by atoms with Gasteiger partial charge >= 0.3 is 11.7 Å². The van der Waals surface area contributed by atoms with Crippen molar-refractivity contribution in [2.45, 2.75) is 39.3 Å². The number of aromatic nitrogens is 2. The maximum Gasteiger partial charge on any atom is 0.328 e. The quantitative estimate of drug-likeness (QED) is 0.754. The number of esters is 1. The van der Waals surface area contributed by atoms with Crippen LogP contribution in [0.5, 0.6) is 0 Å². The van der Waals surface area contributed by atoms with Crippen LogP contribution in [-0.2, 0) is 20.9 Å². The van der Waals surface area contributed by atoms with Crippen LogP contribution in [0.25, 0.3) is 0 Å². The highest BCUT2D eigenvalue weighted by Crippen LogP contribution is 2.23. The molecule has 26 heavy (non-hydrogen) atoms. The number of H-pyrrole nitrogens is 1. The monoisotopic (exact) mass is 359 g/mol. The highest BCUT2D eigenvalue weighted by Gasteiger charge is 2.19. The number of hydrogen-bond acceptors (Lipinski definition) is 5. The van der Waals surface area contributed by atoms with Gasteiger partial charge in [0, 0.05) is 18.0 Å².